The first-order valence-electron chi connectivity index (χ1n) is 12.2. The lowest BCUT2D eigenvalue weighted by Gasteiger charge is -2.48. The van der Waals surface area contributed by atoms with Gasteiger partial charge in [-0.15, -0.1) is 0 Å². The summed E-state index contributed by atoms with van der Waals surface area (Å²) in [5.41, 5.74) is 11.3. The zero-order valence-electron chi connectivity index (χ0n) is 19.4. The summed E-state index contributed by atoms with van der Waals surface area (Å²) in [7, 11) is 2.16. The van der Waals surface area contributed by atoms with Gasteiger partial charge in [0.2, 0.25) is 11.8 Å². The number of carbonyl (C=O) groups is 2. The van der Waals surface area contributed by atoms with Crippen molar-refractivity contribution in [3.63, 3.8) is 0 Å². The summed E-state index contributed by atoms with van der Waals surface area (Å²) < 4.78 is 0.933. The van der Waals surface area contributed by atoms with E-state index in [1.54, 1.807) is 0 Å². The normalized spacial score (nSPS) is 34.7. The number of halogens is 1. The van der Waals surface area contributed by atoms with Gasteiger partial charge in [0.15, 0.2) is 0 Å². The number of piperazine rings is 1. The van der Waals surface area contributed by atoms with Crippen LogP contribution >= 0.6 is 15.9 Å². The minimum Gasteiger partial charge on any atom is -0.369 e. The molecule has 1 aliphatic heterocycles. The predicted octanol–water partition coefficient (Wildman–Crippen LogP) is 2.66. The van der Waals surface area contributed by atoms with Gasteiger partial charge in [-0.05, 0) is 68.3 Å². The second-order valence-electron chi connectivity index (χ2n) is 10.7. The Labute approximate surface area is 204 Å². The zero-order valence-corrected chi connectivity index (χ0v) is 21.0. The Hall–Kier alpha value is -1.70. The number of unbranched alkanes of at least 4 members (excludes halogenated alkanes) is 1. The maximum atomic E-state index is 13.5. The van der Waals surface area contributed by atoms with E-state index in [2.05, 4.69) is 44.9 Å². The molecule has 33 heavy (non-hydrogen) atoms. The fourth-order valence-electron chi connectivity index (χ4n) is 7.62. The number of primary amides is 2. The summed E-state index contributed by atoms with van der Waals surface area (Å²) in [6, 6.07) is 7.80. The Morgan fingerprint density at radius 2 is 1.61 bits per heavy atom. The van der Waals surface area contributed by atoms with E-state index < -0.39 is 16.7 Å². The molecule has 6 nitrogen and oxygen atoms in total. The molecule has 2 saturated carbocycles. The zero-order chi connectivity index (χ0) is 23.4. The first kappa shape index (κ1) is 23.1. The molecule has 4 N–H and O–H groups in total. The molecule has 0 aromatic heterocycles. The smallest absolute Gasteiger partial charge is 0.229 e. The number of likely N-dealkylation sites (N-methyl/N-ethyl adjacent to an activating group) is 1. The van der Waals surface area contributed by atoms with E-state index in [9.17, 15) is 9.59 Å². The SMILES string of the molecule is CN1CCN(CCCC[C@@]2(C(N)=O)[C@@H]3C=C[C@@H](C34CC4)[C@@]2(C(N)=O)c2ccc(Br)cc2)CC1. The first-order valence-corrected chi connectivity index (χ1v) is 13.0. The Bertz CT molecular complexity index is 967. The summed E-state index contributed by atoms with van der Waals surface area (Å²) in [6.45, 7) is 5.36. The van der Waals surface area contributed by atoms with Gasteiger partial charge in [-0.25, -0.2) is 0 Å². The molecule has 1 aromatic carbocycles. The third-order valence-corrected chi connectivity index (χ3v) is 9.81. The van der Waals surface area contributed by atoms with E-state index in [4.69, 9.17) is 11.5 Å². The number of hydrogen-bond donors (Lipinski definition) is 2. The highest BCUT2D eigenvalue weighted by Crippen LogP contribution is 2.80. The fourth-order valence-corrected chi connectivity index (χ4v) is 7.88. The van der Waals surface area contributed by atoms with Gasteiger partial charge in [0.25, 0.3) is 0 Å². The lowest BCUT2D eigenvalue weighted by atomic mass is 9.52. The molecule has 178 valence electrons. The highest BCUT2D eigenvalue weighted by molar-refractivity contribution is 9.10. The third-order valence-electron chi connectivity index (χ3n) is 9.28. The highest BCUT2D eigenvalue weighted by atomic mass is 79.9. The van der Waals surface area contributed by atoms with Gasteiger partial charge in [-0.3, -0.25) is 9.59 Å². The lowest BCUT2D eigenvalue weighted by Crippen LogP contribution is -2.62. The molecule has 5 rings (SSSR count). The Balaban J connectivity index is 1.48. The number of nitrogens with two attached hydrogens (primary N) is 2. The third kappa shape index (κ3) is 3.18. The molecule has 1 heterocycles. The number of benzene rings is 1. The van der Waals surface area contributed by atoms with E-state index >= 15 is 0 Å². The molecule has 1 aromatic rings. The molecule has 3 fully saturated rings. The van der Waals surface area contributed by atoms with Crippen LogP contribution in [0.1, 0.15) is 37.7 Å². The first-order chi connectivity index (χ1) is 15.8. The Kier molecular flexibility index (Phi) is 5.73. The molecule has 0 radical (unpaired) electrons. The summed E-state index contributed by atoms with van der Waals surface area (Å²) in [5, 5.41) is 0. The maximum Gasteiger partial charge on any atom is 0.229 e. The fraction of sp³-hybridized carbons (Fsp3) is 0.615. The van der Waals surface area contributed by atoms with E-state index in [0.29, 0.717) is 6.42 Å². The molecule has 7 heteroatoms. The Morgan fingerprint density at radius 3 is 2.18 bits per heavy atom. The second-order valence-corrected chi connectivity index (χ2v) is 11.6. The predicted molar refractivity (Wildman–Crippen MR) is 132 cm³/mol. The van der Waals surface area contributed by atoms with Crippen LogP contribution in [0.3, 0.4) is 0 Å². The standard InChI is InChI=1S/C26H35BrN4O2/c1-30-14-16-31(17-15-30)13-3-2-10-25(22(28)32)20-8-9-21(24(20)11-12-24)26(25,23(29)33)18-4-6-19(27)7-5-18/h4-9,20-21H,2-3,10-17H2,1H3,(H2,28,32)(H2,29,33)/t20-,21+,25+,26-/m1/s1. The van der Waals surface area contributed by atoms with Crippen molar-refractivity contribution in [1.29, 1.82) is 0 Å². The monoisotopic (exact) mass is 514 g/mol. The summed E-state index contributed by atoms with van der Waals surface area (Å²) in [4.78, 5) is 31.8. The largest absolute Gasteiger partial charge is 0.369 e. The number of amides is 2. The van der Waals surface area contributed by atoms with Crippen LogP contribution in [0.4, 0.5) is 0 Å². The number of rotatable bonds is 8. The van der Waals surface area contributed by atoms with Crippen molar-refractivity contribution in [3.8, 4) is 0 Å². The number of nitrogens with zero attached hydrogens (tertiary/aromatic N) is 2. The van der Waals surface area contributed by atoms with Gasteiger partial charge in [-0.1, -0.05) is 46.6 Å². The summed E-state index contributed by atoms with van der Waals surface area (Å²) in [5.74, 6) is -0.871. The molecule has 2 bridgehead atoms. The van der Waals surface area contributed by atoms with E-state index in [1.807, 2.05) is 24.3 Å². The lowest BCUT2D eigenvalue weighted by molar-refractivity contribution is -0.143. The van der Waals surface area contributed by atoms with Crippen LogP contribution < -0.4 is 11.5 Å². The van der Waals surface area contributed by atoms with E-state index in [-0.39, 0.29) is 23.2 Å². The average molecular weight is 515 g/mol. The van der Waals surface area contributed by atoms with E-state index in [1.165, 1.54) is 0 Å². The number of hydrogen-bond acceptors (Lipinski definition) is 4. The molecular weight excluding hydrogens is 480 g/mol. The molecule has 0 unspecified atom stereocenters. The molecule has 3 aliphatic carbocycles. The number of carbonyl (C=O) groups excluding carboxylic acids is 2. The molecular formula is C26H35BrN4O2. The van der Waals surface area contributed by atoms with Crippen molar-refractivity contribution < 1.29 is 9.59 Å². The van der Waals surface area contributed by atoms with Crippen molar-refractivity contribution in [2.24, 2.45) is 34.1 Å². The van der Waals surface area contributed by atoms with Crippen LogP contribution in [0.5, 0.6) is 0 Å². The van der Waals surface area contributed by atoms with Gasteiger partial charge in [0, 0.05) is 36.6 Å². The second kappa shape index (κ2) is 8.21. The van der Waals surface area contributed by atoms with Crippen molar-refractivity contribution in [2.45, 2.75) is 37.5 Å². The van der Waals surface area contributed by atoms with Crippen LogP contribution in [-0.4, -0.2) is 61.4 Å². The van der Waals surface area contributed by atoms with Gasteiger partial charge in [0.05, 0.1) is 10.8 Å². The average Bonchev–Trinajstić information content (AvgIpc) is 3.45. The summed E-state index contributed by atoms with van der Waals surface area (Å²) >= 11 is 3.51. The van der Waals surface area contributed by atoms with E-state index in [0.717, 1.165) is 68.4 Å². The number of allylic oxidation sites excluding steroid dienone is 2. The van der Waals surface area contributed by atoms with Gasteiger partial charge in [-0.2, -0.15) is 0 Å². The van der Waals surface area contributed by atoms with Crippen LogP contribution in [0.15, 0.2) is 40.9 Å². The topological polar surface area (TPSA) is 92.7 Å². The molecule has 1 saturated heterocycles. The van der Waals surface area contributed by atoms with Crippen molar-refractivity contribution in [1.82, 2.24) is 9.80 Å². The van der Waals surface area contributed by atoms with Crippen LogP contribution in [0.25, 0.3) is 0 Å². The van der Waals surface area contributed by atoms with Crippen molar-refractivity contribution >= 4 is 27.7 Å². The molecule has 2 amide bonds. The van der Waals surface area contributed by atoms with Crippen LogP contribution in [0, 0.1) is 22.7 Å². The molecule has 4 atom stereocenters. The van der Waals surface area contributed by atoms with Crippen LogP contribution in [-0.2, 0) is 15.0 Å². The van der Waals surface area contributed by atoms with Crippen LogP contribution in [0.2, 0.25) is 0 Å². The van der Waals surface area contributed by atoms with Crippen molar-refractivity contribution in [3.05, 3.63) is 46.5 Å². The summed E-state index contributed by atoms with van der Waals surface area (Å²) in [6.07, 6.45) is 8.84. The minimum absolute atomic E-state index is 0.0210. The van der Waals surface area contributed by atoms with Gasteiger partial charge < -0.3 is 21.3 Å². The van der Waals surface area contributed by atoms with Crippen molar-refractivity contribution in [2.75, 3.05) is 39.8 Å². The highest BCUT2D eigenvalue weighted by Gasteiger charge is 2.82. The molecule has 1 spiro atoms. The maximum absolute atomic E-state index is 13.5. The minimum atomic E-state index is -1.09. The quantitative estimate of drug-likeness (QED) is 0.412. The molecule has 4 aliphatic rings. The Morgan fingerprint density at radius 1 is 0.970 bits per heavy atom. The van der Waals surface area contributed by atoms with Gasteiger partial charge in [0.1, 0.15) is 0 Å². The van der Waals surface area contributed by atoms with Gasteiger partial charge >= 0.3 is 0 Å².